The molecule has 0 bridgehead atoms. The minimum atomic E-state index is -1.61. The number of nitrogens with zero attached hydrogens (tertiary/aromatic N) is 1. The molecule has 10 atom stereocenters. The first kappa shape index (κ1) is 30.2. The van der Waals surface area contributed by atoms with Crippen LogP contribution in [0.25, 0.3) is 0 Å². The molecule has 2 aliphatic rings. The summed E-state index contributed by atoms with van der Waals surface area (Å²) in [5.41, 5.74) is 5.26. The molecular formula is C20H39N3O12. The molecule has 0 spiro atoms. The number of ether oxygens (including phenoxy) is 5. The van der Waals surface area contributed by atoms with Crippen LogP contribution in [0.1, 0.15) is 6.42 Å². The molecule has 2 heterocycles. The molecule has 15 nitrogen and oxygen atoms in total. The van der Waals surface area contributed by atoms with Crippen molar-refractivity contribution in [3.05, 3.63) is 0 Å². The summed E-state index contributed by atoms with van der Waals surface area (Å²) in [6.07, 6.45) is -13.2. The summed E-state index contributed by atoms with van der Waals surface area (Å²) >= 11 is 0. The van der Waals surface area contributed by atoms with Gasteiger partial charge in [0.2, 0.25) is 5.91 Å². The first-order valence-corrected chi connectivity index (χ1v) is 11.4. The lowest BCUT2D eigenvalue weighted by atomic mass is 9.97. The van der Waals surface area contributed by atoms with Gasteiger partial charge in [0, 0.05) is 13.7 Å². The Morgan fingerprint density at radius 1 is 0.914 bits per heavy atom. The molecule has 1 amide bonds. The van der Waals surface area contributed by atoms with E-state index in [2.05, 4.69) is 10.9 Å². The molecule has 0 radical (unpaired) electrons. The predicted octanol–water partition coefficient (Wildman–Crippen LogP) is -5.15. The first-order chi connectivity index (χ1) is 16.6. The van der Waals surface area contributed by atoms with Crippen molar-refractivity contribution in [3.8, 4) is 0 Å². The molecular weight excluding hydrogens is 474 g/mol. The number of rotatable bonds is 13. The second kappa shape index (κ2) is 14.6. The van der Waals surface area contributed by atoms with Gasteiger partial charge >= 0.3 is 0 Å². The van der Waals surface area contributed by atoms with E-state index in [9.17, 15) is 35.4 Å². The Bertz CT molecular complexity index is 628. The highest BCUT2D eigenvalue weighted by Gasteiger charge is 2.51. The van der Waals surface area contributed by atoms with E-state index in [4.69, 9.17) is 23.7 Å². The number of likely N-dealkylation sites (N-methyl/N-ethyl adjacent to an activating group) is 1. The molecule has 0 aromatic carbocycles. The van der Waals surface area contributed by atoms with Crippen LogP contribution in [0.5, 0.6) is 0 Å². The molecule has 0 saturated carbocycles. The highest BCUT2D eigenvalue weighted by Crippen LogP contribution is 2.30. The molecule has 2 rings (SSSR count). The van der Waals surface area contributed by atoms with E-state index >= 15 is 0 Å². The van der Waals surface area contributed by atoms with Crippen molar-refractivity contribution < 1.29 is 59.1 Å². The Hall–Kier alpha value is -1.05. The van der Waals surface area contributed by atoms with E-state index in [1.54, 1.807) is 19.0 Å². The predicted molar refractivity (Wildman–Crippen MR) is 116 cm³/mol. The van der Waals surface area contributed by atoms with Crippen LogP contribution in [-0.2, 0) is 28.5 Å². The summed E-state index contributed by atoms with van der Waals surface area (Å²) < 4.78 is 27.1. The zero-order chi connectivity index (χ0) is 26.1. The zero-order valence-electron chi connectivity index (χ0n) is 20.1. The third kappa shape index (κ3) is 8.22. The number of amides is 1. The lowest BCUT2D eigenvalue weighted by Gasteiger charge is -2.46. The minimum Gasteiger partial charge on any atom is -0.394 e. The normalized spacial score (nSPS) is 38.0. The van der Waals surface area contributed by atoms with Gasteiger partial charge in [0.15, 0.2) is 12.6 Å². The van der Waals surface area contributed by atoms with Gasteiger partial charge in [-0.2, -0.15) is 0 Å². The average molecular weight is 514 g/mol. The van der Waals surface area contributed by atoms with E-state index in [1.165, 1.54) is 7.11 Å². The summed E-state index contributed by atoms with van der Waals surface area (Å²) in [7, 11) is 4.81. The SMILES string of the molecule is CO[C@H]1C(CO)O[C@H](O[C@@H]2C(CO)O[C@@H](OCCCNNC(=O)CN(C)C)[C@@H](O)C2O)[C@H](O)C1O. The zero-order valence-corrected chi connectivity index (χ0v) is 20.1. The molecule has 0 aromatic rings. The van der Waals surface area contributed by atoms with Crippen molar-refractivity contribution in [2.75, 3.05) is 54.1 Å². The maximum Gasteiger partial charge on any atom is 0.248 e. The van der Waals surface area contributed by atoms with Gasteiger partial charge in [-0.15, -0.1) is 0 Å². The van der Waals surface area contributed by atoms with Gasteiger partial charge in [0.1, 0.15) is 48.8 Å². The van der Waals surface area contributed by atoms with Crippen molar-refractivity contribution in [2.45, 2.75) is 67.8 Å². The van der Waals surface area contributed by atoms with E-state index in [0.29, 0.717) is 13.0 Å². The standard InChI is InChI=1S/C20H39N3O12/c1-23(2)7-12(26)22-21-5-4-6-32-19-15(29)14(28)18(11(9-25)33-19)35-20-16(30)13(27)17(31-3)10(8-24)34-20/h10-11,13-21,24-25,27-30H,4-9H2,1-3H3,(H,22,26)/t10?,11?,13?,14?,15-,16+,17-,18+,19+,20+/m0/s1. The maximum atomic E-state index is 11.5. The van der Waals surface area contributed by atoms with Crippen molar-refractivity contribution in [2.24, 2.45) is 0 Å². The Balaban J connectivity index is 1.86. The maximum absolute atomic E-state index is 11.5. The number of hydrazine groups is 1. The van der Waals surface area contributed by atoms with Crippen molar-refractivity contribution in [1.82, 2.24) is 15.8 Å². The van der Waals surface area contributed by atoms with Crippen LogP contribution in [0.15, 0.2) is 0 Å². The molecule has 2 saturated heterocycles. The Morgan fingerprint density at radius 3 is 2.09 bits per heavy atom. The highest BCUT2D eigenvalue weighted by atomic mass is 16.7. The molecule has 206 valence electrons. The van der Waals surface area contributed by atoms with Gasteiger partial charge < -0.3 is 59.2 Å². The van der Waals surface area contributed by atoms with E-state index in [-0.39, 0.29) is 19.1 Å². The summed E-state index contributed by atoms with van der Waals surface area (Å²) in [6.45, 7) is -0.467. The number of hydrogen-bond donors (Lipinski definition) is 8. The lowest BCUT2D eigenvalue weighted by molar-refractivity contribution is -0.360. The van der Waals surface area contributed by atoms with E-state index in [1.807, 2.05) is 0 Å². The van der Waals surface area contributed by atoms with Crippen molar-refractivity contribution in [3.63, 3.8) is 0 Å². The third-order valence-electron chi connectivity index (χ3n) is 5.62. The first-order valence-electron chi connectivity index (χ1n) is 11.4. The van der Waals surface area contributed by atoms with Crippen LogP contribution < -0.4 is 10.9 Å². The third-order valence-corrected chi connectivity index (χ3v) is 5.62. The van der Waals surface area contributed by atoms with Gasteiger partial charge in [-0.1, -0.05) is 0 Å². The molecule has 0 aromatic heterocycles. The molecule has 35 heavy (non-hydrogen) atoms. The minimum absolute atomic E-state index is 0.0991. The summed E-state index contributed by atoms with van der Waals surface area (Å²) in [6, 6.07) is 0. The number of aliphatic hydroxyl groups is 6. The number of carbonyl (C=O) groups excluding carboxylic acids is 1. The number of nitrogens with one attached hydrogen (secondary N) is 2. The van der Waals surface area contributed by atoms with Gasteiger partial charge in [0.25, 0.3) is 0 Å². The van der Waals surface area contributed by atoms with E-state index < -0.39 is 74.6 Å². The fourth-order valence-corrected chi connectivity index (χ4v) is 3.82. The van der Waals surface area contributed by atoms with Crippen LogP contribution in [0.3, 0.4) is 0 Å². The van der Waals surface area contributed by atoms with Gasteiger partial charge in [-0.3, -0.25) is 10.2 Å². The van der Waals surface area contributed by atoms with Crippen molar-refractivity contribution in [1.29, 1.82) is 0 Å². The van der Waals surface area contributed by atoms with E-state index in [0.717, 1.165) is 0 Å². The second-order valence-electron chi connectivity index (χ2n) is 8.65. The second-order valence-corrected chi connectivity index (χ2v) is 8.65. The largest absolute Gasteiger partial charge is 0.394 e. The molecule has 2 fully saturated rings. The van der Waals surface area contributed by atoms with Gasteiger partial charge in [-0.25, -0.2) is 5.43 Å². The lowest BCUT2D eigenvalue weighted by Crippen LogP contribution is -2.65. The highest BCUT2D eigenvalue weighted by molar-refractivity contribution is 5.77. The smallest absolute Gasteiger partial charge is 0.248 e. The molecule has 15 heteroatoms. The quantitative estimate of drug-likeness (QED) is 0.0855. The number of carbonyl (C=O) groups is 1. The number of aliphatic hydroxyl groups excluding tert-OH is 6. The fourth-order valence-electron chi connectivity index (χ4n) is 3.82. The van der Waals surface area contributed by atoms with Gasteiger partial charge in [-0.05, 0) is 20.5 Å². The number of hydrogen-bond acceptors (Lipinski definition) is 14. The fraction of sp³-hybridized carbons (Fsp3) is 0.950. The Kier molecular flexibility index (Phi) is 12.6. The summed E-state index contributed by atoms with van der Waals surface area (Å²) in [5, 5.41) is 60.9. The summed E-state index contributed by atoms with van der Waals surface area (Å²) in [5.74, 6) is -0.204. The molecule has 0 aliphatic carbocycles. The van der Waals surface area contributed by atoms with Crippen LogP contribution in [0.2, 0.25) is 0 Å². The number of methoxy groups -OCH3 is 1. The van der Waals surface area contributed by atoms with Crippen molar-refractivity contribution >= 4 is 5.91 Å². The average Bonchev–Trinajstić information content (AvgIpc) is 2.82. The summed E-state index contributed by atoms with van der Waals surface area (Å²) in [4.78, 5) is 13.3. The molecule has 2 aliphatic heterocycles. The molecule has 8 N–H and O–H groups in total. The Labute approximate surface area is 203 Å². The Morgan fingerprint density at radius 2 is 1.49 bits per heavy atom. The topological polar surface area (TPSA) is 212 Å². The van der Waals surface area contributed by atoms with Crippen LogP contribution in [0.4, 0.5) is 0 Å². The molecule has 4 unspecified atom stereocenters. The van der Waals surface area contributed by atoms with Crippen LogP contribution in [-0.4, -0.2) is 157 Å². The monoisotopic (exact) mass is 513 g/mol. The van der Waals surface area contributed by atoms with Crippen LogP contribution >= 0.6 is 0 Å². The van der Waals surface area contributed by atoms with Crippen LogP contribution in [0, 0.1) is 0 Å². The van der Waals surface area contributed by atoms with Gasteiger partial charge in [0.05, 0.1) is 26.4 Å².